The average Bonchev–Trinajstić information content (AvgIpc) is 2.71. The SMILES string of the molecule is CCCCCCCCOC1CCC(C2CCC(CCCCCC)CC2)CC1. The van der Waals surface area contributed by atoms with Crippen LogP contribution in [0.1, 0.15) is 136 Å². The molecule has 0 aliphatic heterocycles. The van der Waals surface area contributed by atoms with E-state index in [2.05, 4.69) is 13.8 Å². The van der Waals surface area contributed by atoms with Crippen molar-refractivity contribution in [2.45, 2.75) is 142 Å². The molecule has 27 heavy (non-hydrogen) atoms. The van der Waals surface area contributed by atoms with E-state index in [1.54, 1.807) is 0 Å². The number of unbranched alkanes of at least 4 members (excludes halogenated alkanes) is 8. The molecule has 2 saturated carbocycles. The molecule has 0 aromatic carbocycles. The van der Waals surface area contributed by atoms with Gasteiger partial charge in [-0.3, -0.25) is 0 Å². The van der Waals surface area contributed by atoms with Crippen LogP contribution in [0.3, 0.4) is 0 Å². The van der Waals surface area contributed by atoms with Gasteiger partial charge in [-0.05, 0) is 62.7 Å². The Labute approximate surface area is 171 Å². The molecule has 2 rings (SSSR count). The molecule has 2 aliphatic rings. The van der Waals surface area contributed by atoms with Crippen LogP contribution >= 0.6 is 0 Å². The third-order valence-corrected chi connectivity index (χ3v) is 7.59. The van der Waals surface area contributed by atoms with E-state index in [-0.39, 0.29) is 0 Å². The standard InChI is InChI=1S/C26H50O/c1-3-5-7-9-10-12-22-27-26-20-18-25(19-21-26)24-16-14-23(15-17-24)13-11-8-6-4-2/h23-26H,3-22H2,1-2H3. The fourth-order valence-electron chi connectivity index (χ4n) is 5.67. The van der Waals surface area contributed by atoms with Gasteiger partial charge < -0.3 is 4.74 Å². The summed E-state index contributed by atoms with van der Waals surface area (Å²) in [5.74, 6) is 3.14. The third-order valence-electron chi connectivity index (χ3n) is 7.59. The highest BCUT2D eigenvalue weighted by Crippen LogP contribution is 2.41. The van der Waals surface area contributed by atoms with Crippen LogP contribution in [0, 0.1) is 17.8 Å². The predicted octanol–water partition coefficient (Wildman–Crippen LogP) is 8.70. The molecule has 0 aromatic rings. The van der Waals surface area contributed by atoms with Gasteiger partial charge in [0, 0.05) is 6.61 Å². The summed E-state index contributed by atoms with van der Waals surface area (Å²) >= 11 is 0. The van der Waals surface area contributed by atoms with Crippen LogP contribution in [0.2, 0.25) is 0 Å². The van der Waals surface area contributed by atoms with Crippen molar-refractivity contribution < 1.29 is 4.74 Å². The maximum absolute atomic E-state index is 6.21. The van der Waals surface area contributed by atoms with Crippen molar-refractivity contribution in [1.82, 2.24) is 0 Å². The maximum Gasteiger partial charge on any atom is 0.0575 e. The Morgan fingerprint density at radius 2 is 1.07 bits per heavy atom. The minimum Gasteiger partial charge on any atom is -0.378 e. The lowest BCUT2D eigenvalue weighted by Crippen LogP contribution is -2.28. The van der Waals surface area contributed by atoms with Gasteiger partial charge in [-0.15, -0.1) is 0 Å². The first kappa shape index (κ1) is 23.2. The second-order valence-corrected chi connectivity index (χ2v) is 9.81. The van der Waals surface area contributed by atoms with E-state index in [0.29, 0.717) is 6.10 Å². The van der Waals surface area contributed by atoms with Crippen LogP contribution in [-0.4, -0.2) is 12.7 Å². The van der Waals surface area contributed by atoms with Gasteiger partial charge in [-0.25, -0.2) is 0 Å². The summed E-state index contributed by atoms with van der Waals surface area (Å²) in [5, 5.41) is 0. The Hall–Kier alpha value is -0.0400. The minimum absolute atomic E-state index is 0.590. The minimum atomic E-state index is 0.590. The molecule has 0 heterocycles. The van der Waals surface area contributed by atoms with Gasteiger partial charge in [-0.2, -0.15) is 0 Å². The van der Waals surface area contributed by atoms with Gasteiger partial charge in [-0.1, -0.05) is 90.9 Å². The Morgan fingerprint density at radius 3 is 1.70 bits per heavy atom. The molecule has 0 spiro atoms. The Kier molecular flexibility index (Phi) is 12.8. The van der Waals surface area contributed by atoms with Crippen molar-refractivity contribution >= 4 is 0 Å². The normalized spacial score (nSPS) is 29.1. The molecule has 0 atom stereocenters. The van der Waals surface area contributed by atoms with Crippen LogP contribution in [0.5, 0.6) is 0 Å². The summed E-state index contributed by atoms with van der Waals surface area (Å²) in [6.45, 7) is 5.63. The first-order valence-electron chi connectivity index (χ1n) is 12.9. The molecule has 1 heteroatoms. The van der Waals surface area contributed by atoms with Crippen molar-refractivity contribution in [2.75, 3.05) is 6.61 Å². The summed E-state index contributed by atoms with van der Waals surface area (Å²) in [5.41, 5.74) is 0. The monoisotopic (exact) mass is 378 g/mol. The van der Waals surface area contributed by atoms with E-state index in [1.807, 2.05) is 0 Å². The molecule has 2 aliphatic carbocycles. The molecule has 0 radical (unpaired) electrons. The topological polar surface area (TPSA) is 9.23 Å². The van der Waals surface area contributed by atoms with Crippen molar-refractivity contribution in [3.05, 3.63) is 0 Å². The predicted molar refractivity (Wildman–Crippen MR) is 119 cm³/mol. The van der Waals surface area contributed by atoms with E-state index >= 15 is 0 Å². The van der Waals surface area contributed by atoms with E-state index in [0.717, 1.165) is 24.4 Å². The number of hydrogen-bond acceptors (Lipinski definition) is 1. The highest BCUT2D eigenvalue weighted by atomic mass is 16.5. The fraction of sp³-hybridized carbons (Fsp3) is 1.00. The second kappa shape index (κ2) is 14.9. The van der Waals surface area contributed by atoms with E-state index in [9.17, 15) is 0 Å². The van der Waals surface area contributed by atoms with E-state index in [1.165, 1.54) is 122 Å². The fourth-order valence-corrected chi connectivity index (χ4v) is 5.67. The van der Waals surface area contributed by atoms with Crippen molar-refractivity contribution in [2.24, 2.45) is 17.8 Å². The van der Waals surface area contributed by atoms with Crippen LogP contribution in [-0.2, 0) is 4.74 Å². The summed E-state index contributed by atoms with van der Waals surface area (Å²) < 4.78 is 6.21. The van der Waals surface area contributed by atoms with Gasteiger partial charge in [0.1, 0.15) is 0 Å². The molecule has 2 fully saturated rings. The van der Waals surface area contributed by atoms with Crippen LogP contribution in [0.15, 0.2) is 0 Å². The first-order chi connectivity index (χ1) is 13.3. The zero-order valence-corrected chi connectivity index (χ0v) is 18.9. The van der Waals surface area contributed by atoms with Gasteiger partial charge >= 0.3 is 0 Å². The number of rotatable bonds is 14. The summed E-state index contributed by atoms with van der Waals surface area (Å²) in [4.78, 5) is 0. The average molecular weight is 379 g/mol. The molecule has 0 saturated heterocycles. The molecule has 1 nitrogen and oxygen atoms in total. The molecular formula is C26H50O. The number of ether oxygens (including phenoxy) is 1. The van der Waals surface area contributed by atoms with Gasteiger partial charge in [0.05, 0.1) is 6.10 Å². The van der Waals surface area contributed by atoms with E-state index < -0.39 is 0 Å². The maximum atomic E-state index is 6.21. The van der Waals surface area contributed by atoms with Crippen molar-refractivity contribution in [3.63, 3.8) is 0 Å². The Bertz CT molecular complexity index is 323. The van der Waals surface area contributed by atoms with Crippen LogP contribution in [0.25, 0.3) is 0 Å². The quantitative estimate of drug-likeness (QED) is 0.275. The highest BCUT2D eigenvalue weighted by molar-refractivity contribution is 4.82. The number of hydrogen-bond donors (Lipinski definition) is 0. The lowest BCUT2D eigenvalue weighted by molar-refractivity contribution is 0.00526. The Morgan fingerprint density at radius 1 is 0.556 bits per heavy atom. The lowest BCUT2D eigenvalue weighted by atomic mass is 9.70. The zero-order chi connectivity index (χ0) is 19.2. The molecule has 0 bridgehead atoms. The molecule has 0 amide bonds. The van der Waals surface area contributed by atoms with Crippen molar-refractivity contribution in [1.29, 1.82) is 0 Å². The molecular weight excluding hydrogens is 328 g/mol. The van der Waals surface area contributed by atoms with Crippen molar-refractivity contribution in [3.8, 4) is 0 Å². The molecule has 0 N–H and O–H groups in total. The second-order valence-electron chi connectivity index (χ2n) is 9.81. The van der Waals surface area contributed by atoms with Gasteiger partial charge in [0.2, 0.25) is 0 Å². The van der Waals surface area contributed by atoms with Gasteiger partial charge in [0.25, 0.3) is 0 Å². The van der Waals surface area contributed by atoms with Crippen LogP contribution in [0.4, 0.5) is 0 Å². The third kappa shape index (κ3) is 9.82. The zero-order valence-electron chi connectivity index (χ0n) is 18.9. The molecule has 0 unspecified atom stereocenters. The first-order valence-corrected chi connectivity index (χ1v) is 12.9. The largest absolute Gasteiger partial charge is 0.378 e. The summed E-state index contributed by atoms with van der Waals surface area (Å²) in [6, 6.07) is 0. The highest BCUT2D eigenvalue weighted by Gasteiger charge is 2.30. The molecule has 0 aromatic heterocycles. The van der Waals surface area contributed by atoms with E-state index in [4.69, 9.17) is 4.74 Å². The summed E-state index contributed by atoms with van der Waals surface area (Å²) in [7, 11) is 0. The molecule has 160 valence electrons. The van der Waals surface area contributed by atoms with Gasteiger partial charge in [0.15, 0.2) is 0 Å². The smallest absolute Gasteiger partial charge is 0.0575 e. The Balaban J connectivity index is 1.47. The van der Waals surface area contributed by atoms with Crippen LogP contribution < -0.4 is 0 Å². The summed E-state index contributed by atoms with van der Waals surface area (Å²) in [6.07, 6.45) is 27.9. The lowest BCUT2D eigenvalue weighted by Gasteiger charge is -2.38.